The zero-order valence-electron chi connectivity index (χ0n) is 42.8. The third-order valence-corrected chi connectivity index (χ3v) is 9.37. The van der Waals surface area contributed by atoms with Gasteiger partial charge in [-0.3, -0.25) is 29.2 Å². The van der Waals surface area contributed by atoms with Gasteiger partial charge in [-0.2, -0.15) is 0 Å². The van der Waals surface area contributed by atoms with Crippen LogP contribution in [0.15, 0.2) is 48.5 Å². The quantitative estimate of drug-likeness (QED) is 0.0549. The average Bonchev–Trinajstić information content (AvgIpc) is 3.78. The molecule has 2 heterocycles. The van der Waals surface area contributed by atoms with E-state index in [1.165, 1.54) is 12.1 Å². The normalized spacial score (nSPS) is 12.8. The third kappa shape index (κ3) is 31.5. The van der Waals surface area contributed by atoms with Gasteiger partial charge in [-0.05, 0) is 37.1 Å². The number of fused-ring (bicyclic) bond motifs is 2. The summed E-state index contributed by atoms with van der Waals surface area (Å²) in [6.45, 7) is 19.0. The number of rotatable bonds is 46. The van der Waals surface area contributed by atoms with E-state index < -0.39 is 23.6 Å². The molecule has 0 saturated heterocycles. The molecule has 0 aromatic heterocycles. The summed E-state index contributed by atoms with van der Waals surface area (Å²) in [6.07, 6.45) is 2.05. The molecule has 0 spiro atoms. The molecule has 23 nitrogen and oxygen atoms in total. The van der Waals surface area contributed by atoms with Gasteiger partial charge in [0, 0.05) is 13.2 Å². The second-order valence-corrected chi connectivity index (χ2v) is 15.0. The van der Waals surface area contributed by atoms with E-state index >= 15 is 0 Å². The number of nitrogens with zero attached hydrogens (tertiary/aromatic N) is 2. The van der Waals surface area contributed by atoms with Crippen molar-refractivity contribution in [3.8, 4) is 0 Å². The van der Waals surface area contributed by atoms with Crippen LogP contribution >= 0.6 is 0 Å². The highest BCUT2D eigenvalue weighted by molar-refractivity contribution is 6.21. The number of hydrogen-bond donors (Lipinski definition) is 2. The molecule has 2 N–H and O–H groups in total. The zero-order chi connectivity index (χ0) is 52.7. The van der Waals surface area contributed by atoms with Crippen LogP contribution in [0.5, 0.6) is 0 Å². The Kier molecular flexibility index (Phi) is 41.6. The van der Waals surface area contributed by atoms with Gasteiger partial charge in [0.25, 0.3) is 23.6 Å². The summed E-state index contributed by atoms with van der Waals surface area (Å²) in [6, 6.07) is 12.9. The molecule has 0 bridgehead atoms. The number of carbonyl (C=O) groups excluding carboxylic acids is 4. The topological polar surface area (TPSA) is 254 Å². The molecule has 2 aliphatic rings. The fourth-order valence-electron chi connectivity index (χ4n) is 5.84. The first kappa shape index (κ1) is 65.2. The summed E-state index contributed by atoms with van der Waals surface area (Å²) in [5.41, 5.74) is 1.21. The van der Waals surface area contributed by atoms with Crippen molar-refractivity contribution >= 4 is 23.6 Å². The minimum absolute atomic E-state index is 0.0382. The Hall–Kier alpha value is -3.96. The van der Waals surface area contributed by atoms with Crippen molar-refractivity contribution in [2.45, 2.75) is 26.7 Å². The number of aliphatic hydroxyl groups is 1. The number of carbonyl (C=O) groups is 4. The number of amides is 4. The van der Waals surface area contributed by atoms with Crippen LogP contribution in [0.2, 0.25) is 0 Å². The van der Waals surface area contributed by atoms with E-state index in [1.807, 2.05) is 0 Å². The first-order chi connectivity index (χ1) is 35.9. The van der Waals surface area contributed by atoms with Gasteiger partial charge in [0.2, 0.25) is 0 Å². The van der Waals surface area contributed by atoms with Crippen molar-refractivity contribution in [1.82, 2.24) is 10.1 Å². The van der Waals surface area contributed by atoms with Crippen molar-refractivity contribution in [3.63, 3.8) is 0 Å². The minimum Gasteiger partial charge on any atom is -0.394 e. The molecule has 0 saturated carbocycles. The number of aliphatic hydroxyl groups excluding tert-OH is 1. The lowest BCUT2D eigenvalue weighted by Gasteiger charge is -2.13. The first-order valence-corrected chi connectivity index (χ1v) is 24.9. The Bertz CT molecular complexity index is 1600. The van der Waals surface area contributed by atoms with Crippen molar-refractivity contribution in [1.29, 1.82) is 0 Å². The SMILES string of the molecule is CCCOCCOCCOCCOCCOCCOCCOCCO.CCCOCCOCCOCCOCCOCCOCCOCCON1C(=O)c2ccccc2C1=O.O=C1c2ccccc2C(=O)N1O. The van der Waals surface area contributed by atoms with Gasteiger partial charge in [-0.15, -0.1) is 10.1 Å². The second-order valence-electron chi connectivity index (χ2n) is 15.0. The van der Waals surface area contributed by atoms with Gasteiger partial charge in [-0.1, -0.05) is 38.1 Å². The Balaban J connectivity index is 0.000000423. The van der Waals surface area contributed by atoms with E-state index in [4.69, 9.17) is 81.5 Å². The van der Waals surface area contributed by atoms with Crippen molar-refractivity contribution in [2.24, 2.45) is 0 Å². The smallest absolute Gasteiger partial charge is 0.285 e. The maximum Gasteiger partial charge on any atom is 0.285 e. The lowest BCUT2D eigenvalue weighted by molar-refractivity contribution is -0.108. The van der Waals surface area contributed by atoms with Crippen LogP contribution in [0.1, 0.15) is 68.1 Å². The molecule has 73 heavy (non-hydrogen) atoms. The van der Waals surface area contributed by atoms with Gasteiger partial charge in [0.1, 0.15) is 0 Å². The van der Waals surface area contributed by atoms with Crippen molar-refractivity contribution in [2.75, 3.05) is 198 Å². The summed E-state index contributed by atoms with van der Waals surface area (Å²) >= 11 is 0. The summed E-state index contributed by atoms with van der Waals surface area (Å²) in [7, 11) is 0. The van der Waals surface area contributed by atoms with Crippen LogP contribution < -0.4 is 0 Å². The van der Waals surface area contributed by atoms with Gasteiger partial charge < -0.3 is 71.4 Å². The number of hydrogen-bond acceptors (Lipinski definition) is 21. The van der Waals surface area contributed by atoms with E-state index in [2.05, 4.69) is 13.8 Å². The largest absolute Gasteiger partial charge is 0.394 e. The number of hydroxylamine groups is 4. The van der Waals surface area contributed by atoms with Crippen LogP contribution in [0, 0.1) is 0 Å². The van der Waals surface area contributed by atoms with Crippen LogP contribution in [-0.4, -0.2) is 242 Å². The number of benzene rings is 2. The Morgan fingerprint density at radius 3 is 0.753 bits per heavy atom. The molecule has 4 amide bonds. The molecule has 2 aromatic rings. The molecule has 0 unspecified atom stereocenters. The maximum absolute atomic E-state index is 12.1. The molecule has 0 fully saturated rings. The van der Waals surface area contributed by atoms with Gasteiger partial charge in [0.15, 0.2) is 0 Å². The zero-order valence-corrected chi connectivity index (χ0v) is 42.8. The maximum atomic E-state index is 12.1. The van der Waals surface area contributed by atoms with E-state index in [0.717, 1.165) is 31.1 Å². The molecule has 2 aliphatic heterocycles. The van der Waals surface area contributed by atoms with Gasteiger partial charge in [-0.25, -0.2) is 0 Å². The highest BCUT2D eigenvalue weighted by Crippen LogP contribution is 2.22. The summed E-state index contributed by atoms with van der Waals surface area (Å²) in [4.78, 5) is 51.7. The fraction of sp³-hybridized carbons (Fsp3) is 0.680. The Morgan fingerprint density at radius 2 is 0.521 bits per heavy atom. The molecular formula is C50H80N2O21. The first-order valence-electron chi connectivity index (χ1n) is 24.9. The van der Waals surface area contributed by atoms with Gasteiger partial charge in [0.05, 0.1) is 207 Å². The average molecular weight is 1050 g/mol. The molecule has 0 atom stereocenters. The van der Waals surface area contributed by atoms with E-state index in [0.29, 0.717) is 176 Å². The van der Waals surface area contributed by atoms with Crippen LogP contribution in [-0.2, 0) is 71.2 Å². The molecule has 2 aromatic carbocycles. The van der Waals surface area contributed by atoms with Crippen LogP contribution in [0.3, 0.4) is 0 Å². The molecule has 416 valence electrons. The standard InChI is InChI=1S/C25H39NO10.C17H36O8.C8H5NO3/c1-2-7-29-8-9-30-10-11-31-12-13-32-14-15-33-16-17-34-18-19-35-20-21-36-26-24(27)22-5-3-4-6-23(22)25(26)28;1-2-4-19-6-8-21-10-12-23-14-16-25-17-15-24-13-11-22-9-7-20-5-3-18;10-7-5-3-1-2-4-6(5)8(11)9(7)12/h3-6H,2,7-21H2,1H3;18H,2-17H2,1H3;1-4,12H. The van der Waals surface area contributed by atoms with E-state index in [9.17, 15) is 19.2 Å². The predicted molar refractivity (Wildman–Crippen MR) is 261 cm³/mol. The molecule has 23 heteroatoms. The summed E-state index contributed by atoms with van der Waals surface area (Å²) in [5, 5.41) is 18.3. The third-order valence-electron chi connectivity index (χ3n) is 9.37. The molecular weight excluding hydrogens is 965 g/mol. The van der Waals surface area contributed by atoms with E-state index in [1.54, 1.807) is 36.4 Å². The Labute approximate surface area is 429 Å². The molecule has 0 aliphatic carbocycles. The van der Waals surface area contributed by atoms with Crippen molar-refractivity contribution in [3.05, 3.63) is 70.8 Å². The fourth-order valence-corrected chi connectivity index (χ4v) is 5.84. The highest BCUT2D eigenvalue weighted by atomic mass is 16.7. The highest BCUT2D eigenvalue weighted by Gasteiger charge is 2.36. The second kappa shape index (κ2) is 46.6. The Morgan fingerprint density at radius 1 is 0.315 bits per heavy atom. The monoisotopic (exact) mass is 1040 g/mol. The van der Waals surface area contributed by atoms with E-state index in [-0.39, 0.29) is 36.0 Å². The molecule has 0 radical (unpaired) electrons. The minimum atomic E-state index is -0.657. The number of imide groups is 2. The van der Waals surface area contributed by atoms with Crippen LogP contribution in [0.4, 0.5) is 0 Å². The predicted octanol–water partition coefficient (Wildman–Crippen LogP) is 2.92. The van der Waals surface area contributed by atoms with Crippen LogP contribution in [0.25, 0.3) is 0 Å². The lowest BCUT2D eigenvalue weighted by Crippen LogP contribution is -2.31. The van der Waals surface area contributed by atoms with Crippen molar-refractivity contribution < 1.29 is 101 Å². The number of ether oxygens (including phenoxy) is 14. The molecule has 4 rings (SSSR count). The summed E-state index contributed by atoms with van der Waals surface area (Å²) < 4.78 is 74.9. The van der Waals surface area contributed by atoms with Gasteiger partial charge >= 0.3 is 0 Å². The lowest BCUT2D eigenvalue weighted by atomic mass is 10.1. The summed E-state index contributed by atoms with van der Waals surface area (Å²) in [5.74, 6) is -2.23.